The van der Waals surface area contributed by atoms with Crippen molar-refractivity contribution in [2.45, 2.75) is 26.2 Å². The number of rotatable bonds is 4. The summed E-state index contributed by atoms with van der Waals surface area (Å²) in [5.74, 6) is 0.912. The first-order valence-corrected chi connectivity index (χ1v) is 5.68. The van der Waals surface area contributed by atoms with Crippen LogP contribution in [0.5, 0.6) is 0 Å². The third kappa shape index (κ3) is 2.74. The van der Waals surface area contributed by atoms with Crippen molar-refractivity contribution < 1.29 is 14.3 Å². The second-order valence-electron chi connectivity index (χ2n) is 4.21. The van der Waals surface area contributed by atoms with Crippen LogP contribution in [0.4, 0.5) is 0 Å². The van der Waals surface area contributed by atoms with E-state index in [1.165, 1.54) is 0 Å². The first-order valence-electron chi connectivity index (χ1n) is 5.68. The van der Waals surface area contributed by atoms with Gasteiger partial charge in [-0.05, 0) is 25.1 Å². The fourth-order valence-corrected chi connectivity index (χ4v) is 1.67. The lowest BCUT2D eigenvalue weighted by Crippen LogP contribution is -2.07. The Balaban J connectivity index is 2.27. The Kier molecular flexibility index (Phi) is 3.41. The Morgan fingerprint density at radius 2 is 2.22 bits per heavy atom. The van der Waals surface area contributed by atoms with Gasteiger partial charge in [0.2, 0.25) is 0 Å². The molecule has 0 aliphatic carbocycles. The molecule has 1 atom stereocenters. The molecule has 0 amide bonds. The van der Waals surface area contributed by atoms with Gasteiger partial charge in [-0.3, -0.25) is 4.79 Å². The van der Waals surface area contributed by atoms with Gasteiger partial charge in [0.15, 0.2) is 5.76 Å². The Morgan fingerprint density at radius 3 is 2.83 bits per heavy atom. The minimum atomic E-state index is -0.856. The number of carboxylic acids is 1. The molecule has 2 heterocycles. The molecule has 0 radical (unpaired) electrons. The van der Waals surface area contributed by atoms with E-state index in [4.69, 9.17) is 9.52 Å². The van der Waals surface area contributed by atoms with Crippen LogP contribution in [0.1, 0.15) is 30.8 Å². The van der Waals surface area contributed by atoms with Gasteiger partial charge in [-0.15, -0.1) is 0 Å². The van der Waals surface area contributed by atoms with Crippen molar-refractivity contribution in [1.29, 1.82) is 0 Å². The van der Waals surface area contributed by atoms with Gasteiger partial charge in [0, 0.05) is 12.1 Å². The normalized spacial score (nSPS) is 12.3. The minimum absolute atomic E-state index is 0.0145. The van der Waals surface area contributed by atoms with Crippen LogP contribution in [-0.4, -0.2) is 21.0 Å². The molecular formula is C13H14N2O3. The zero-order valence-corrected chi connectivity index (χ0v) is 10.3. The highest BCUT2D eigenvalue weighted by Crippen LogP contribution is 2.22. The maximum Gasteiger partial charge on any atom is 0.304 e. The van der Waals surface area contributed by atoms with Crippen LogP contribution in [0.3, 0.4) is 0 Å². The molecule has 0 saturated carbocycles. The summed E-state index contributed by atoms with van der Waals surface area (Å²) < 4.78 is 5.48. The molecule has 94 valence electrons. The number of aliphatic carboxylic acids is 1. The van der Waals surface area contributed by atoms with Crippen molar-refractivity contribution in [2.75, 3.05) is 0 Å². The highest BCUT2D eigenvalue weighted by molar-refractivity contribution is 5.67. The van der Waals surface area contributed by atoms with Crippen LogP contribution in [-0.2, 0) is 4.79 Å². The lowest BCUT2D eigenvalue weighted by atomic mass is 10.1. The zero-order valence-electron chi connectivity index (χ0n) is 10.3. The summed E-state index contributed by atoms with van der Waals surface area (Å²) in [6.45, 7) is 3.65. The largest absolute Gasteiger partial charge is 0.481 e. The van der Waals surface area contributed by atoms with E-state index in [-0.39, 0.29) is 12.3 Å². The molecule has 1 unspecified atom stereocenters. The summed E-state index contributed by atoms with van der Waals surface area (Å²) in [6, 6.07) is 5.44. The number of hydrogen-bond donors (Lipinski definition) is 1. The number of furan rings is 1. The second kappa shape index (κ2) is 5.00. The quantitative estimate of drug-likeness (QED) is 0.897. The molecule has 0 spiro atoms. The molecule has 5 heteroatoms. The molecule has 1 N–H and O–H groups in total. The third-order valence-electron chi connectivity index (χ3n) is 2.59. The molecule has 0 aliphatic rings. The van der Waals surface area contributed by atoms with Gasteiger partial charge in [-0.25, -0.2) is 9.97 Å². The minimum Gasteiger partial charge on any atom is -0.481 e. The summed E-state index contributed by atoms with van der Waals surface area (Å²) in [4.78, 5) is 19.1. The zero-order chi connectivity index (χ0) is 13.1. The Bertz CT molecular complexity index is 563. The monoisotopic (exact) mass is 246 g/mol. The van der Waals surface area contributed by atoms with Crippen LogP contribution in [0.25, 0.3) is 11.5 Å². The number of carboxylic acid groups (broad SMARTS) is 1. The molecule has 18 heavy (non-hydrogen) atoms. The summed E-state index contributed by atoms with van der Waals surface area (Å²) >= 11 is 0. The van der Waals surface area contributed by atoms with E-state index in [9.17, 15) is 4.79 Å². The van der Waals surface area contributed by atoms with Crippen molar-refractivity contribution in [3.05, 3.63) is 36.0 Å². The fourth-order valence-electron chi connectivity index (χ4n) is 1.67. The number of hydrogen-bond acceptors (Lipinski definition) is 4. The van der Waals surface area contributed by atoms with Gasteiger partial charge < -0.3 is 9.52 Å². The predicted molar refractivity (Wildman–Crippen MR) is 65.1 cm³/mol. The summed E-state index contributed by atoms with van der Waals surface area (Å²) in [5.41, 5.74) is 0.672. The summed E-state index contributed by atoms with van der Waals surface area (Å²) in [6.07, 6.45) is 1.63. The molecule has 0 aliphatic heterocycles. The lowest BCUT2D eigenvalue weighted by molar-refractivity contribution is -0.137. The molecule has 0 aromatic carbocycles. The van der Waals surface area contributed by atoms with Crippen LogP contribution in [0, 0.1) is 6.92 Å². The van der Waals surface area contributed by atoms with Gasteiger partial charge in [0.25, 0.3) is 0 Å². The molecule has 0 bridgehead atoms. The molecule has 0 fully saturated rings. The topological polar surface area (TPSA) is 76.2 Å². The fraction of sp³-hybridized carbons (Fsp3) is 0.308. The number of aryl methyl sites for hydroxylation is 1. The van der Waals surface area contributed by atoms with E-state index in [0.29, 0.717) is 17.3 Å². The maximum absolute atomic E-state index is 10.7. The van der Waals surface area contributed by atoms with Crippen LogP contribution in [0.2, 0.25) is 0 Å². The van der Waals surface area contributed by atoms with Crippen molar-refractivity contribution in [3.63, 3.8) is 0 Å². The van der Waals surface area contributed by atoms with Crippen LogP contribution >= 0.6 is 0 Å². The van der Waals surface area contributed by atoms with E-state index in [2.05, 4.69) is 9.97 Å². The van der Waals surface area contributed by atoms with E-state index in [0.717, 1.165) is 5.76 Å². The van der Waals surface area contributed by atoms with Gasteiger partial charge >= 0.3 is 5.97 Å². The van der Waals surface area contributed by atoms with E-state index >= 15 is 0 Å². The number of aromatic nitrogens is 2. The van der Waals surface area contributed by atoms with Gasteiger partial charge in [-0.1, -0.05) is 6.92 Å². The number of carbonyl (C=O) groups is 1. The van der Waals surface area contributed by atoms with Crippen molar-refractivity contribution in [3.8, 4) is 11.5 Å². The molecule has 0 saturated heterocycles. The average molecular weight is 246 g/mol. The highest BCUT2D eigenvalue weighted by Gasteiger charge is 2.14. The Hall–Kier alpha value is -2.17. The summed E-state index contributed by atoms with van der Waals surface area (Å²) in [7, 11) is 0. The van der Waals surface area contributed by atoms with Crippen molar-refractivity contribution in [1.82, 2.24) is 9.97 Å². The predicted octanol–water partition coefficient (Wildman–Crippen LogP) is 2.62. The van der Waals surface area contributed by atoms with E-state index in [1.54, 1.807) is 19.2 Å². The highest BCUT2D eigenvalue weighted by atomic mass is 16.4. The molecule has 5 nitrogen and oxygen atoms in total. The SMILES string of the molecule is Cc1ccc(-c2ccnc(C(C)CC(=O)O)n2)o1. The Morgan fingerprint density at radius 1 is 1.44 bits per heavy atom. The molecule has 2 rings (SSSR count). The van der Waals surface area contributed by atoms with Crippen LogP contribution < -0.4 is 0 Å². The second-order valence-corrected chi connectivity index (χ2v) is 4.21. The first kappa shape index (κ1) is 12.3. The third-order valence-corrected chi connectivity index (χ3v) is 2.59. The number of nitrogens with zero attached hydrogens (tertiary/aromatic N) is 2. The lowest BCUT2D eigenvalue weighted by Gasteiger charge is -2.07. The van der Waals surface area contributed by atoms with Crippen molar-refractivity contribution in [2.24, 2.45) is 0 Å². The van der Waals surface area contributed by atoms with Crippen LogP contribution in [0.15, 0.2) is 28.8 Å². The van der Waals surface area contributed by atoms with E-state index in [1.807, 2.05) is 19.1 Å². The Labute approximate surface area is 105 Å². The standard InChI is InChI=1S/C13H14N2O3/c1-8(7-12(16)17)13-14-6-5-10(15-13)11-4-3-9(2)18-11/h3-6,8H,7H2,1-2H3,(H,16,17). The molecule has 2 aromatic heterocycles. The molecular weight excluding hydrogens is 232 g/mol. The smallest absolute Gasteiger partial charge is 0.304 e. The van der Waals surface area contributed by atoms with Gasteiger partial charge in [-0.2, -0.15) is 0 Å². The average Bonchev–Trinajstić information content (AvgIpc) is 2.75. The van der Waals surface area contributed by atoms with Gasteiger partial charge in [0.05, 0.1) is 6.42 Å². The first-order chi connectivity index (χ1) is 8.56. The summed E-state index contributed by atoms with van der Waals surface area (Å²) in [5, 5.41) is 8.76. The molecule has 2 aromatic rings. The van der Waals surface area contributed by atoms with Gasteiger partial charge in [0.1, 0.15) is 17.3 Å². The maximum atomic E-state index is 10.7. The van der Waals surface area contributed by atoms with Crippen molar-refractivity contribution >= 4 is 5.97 Å². The van der Waals surface area contributed by atoms with E-state index < -0.39 is 5.97 Å².